The van der Waals surface area contributed by atoms with Gasteiger partial charge in [-0.05, 0) is 50.1 Å². The maximum Gasteiger partial charge on any atom is 0.324 e. The lowest BCUT2D eigenvalue weighted by Gasteiger charge is -2.14. The number of hydrogen-bond acceptors (Lipinski definition) is 6. The van der Waals surface area contributed by atoms with Crippen molar-refractivity contribution < 1.29 is 4.52 Å². The molecule has 0 bridgehead atoms. The lowest BCUT2D eigenvalue weighted by atomic mass is 10.1. The van der Waals surface area contributed by atoms with Gasteiger partial charge in [-0.15, -0.1) is 0 Å². The first-order chi connectivity index (χ1) is 13.5. The molecule has 3 heterocycles. The number of pyridine rings is 1. The first-order valence-electron chi connectivity index (χ1n) is 9.25. The molecule has 0 amide bonds. The smallest absolute Gasteiger partial charge is 0.324 e. The molecule has 5 rings (SSSR count). The minimum Gasteiger partial charge on any atom is -0.382 e. The van der Waals surface area contributed by atoms with Crippen LogP contribution in [-0.4, -0.2) is 34.3 Å². The molecule has 3 aromatic rings. The summed E-state index contributed by atoms with van der Waals surface area (Å²) < 4.78 is 5.52. The summed E-state index contributed by atoms with van der Waals surface area (Å²) in [6.07, 6.45) is 4.10. The van der Waals surface area contributed by atoms with Gasteiger partial charge in [-0.1, -0.05) is 28.4 Å². The molecule has 2 fully saturated rings. The Labute approximate surface area is 172 Å². The molecule has 2 aromatic heterocycles. The number of nitrogens with zero attached hydrogens (tertiary/aromatic N) is 4. The van der Waals surface area contributed by atoms with Gasteiger partial charge in [-0.25, -0.2) is 0 Å². The molecule has 1 aliphatic carbocycles. The summed E-state index contributed by atoms with van der Waals surface area (Å²) in [6, 6.07) is 10.4. The van der Waals surface area contributed by atoms with E-state index in [0.717, 1.165) is 42.9 Å². The van der Waals surface area contributed by atoms with Crippen molar-refractivity contribution in [2.45, 2.75) is 25.8 Å². The second-order valence-corrected chi connectivity index (χ2v) is 8.55. The van der Waals surface area contributed by atoms with E-state index < -0.39 is 0 Å². The highest BCUT2D eigenvalue weighted by atomic mass is 35.5. The van der Waals surface area contributed by atoms with E-state index in [0.29, 0.717) is 27.9 Å². The third-order valence-electron chi connectivity index (χ3n) is 5.62. The van der Waals surface area contributed by atoms with Gasteiger partial charge in [0, 0.05) is 57.7 Å². The van der Waals surface area contributed by atoms with E-state index in [9.17, 15) is 0 Å². The lowest BCUT2D eigenvalue weighted by Crippen LogP contribution is -2.23. The van der Waals surface area contributed by atoms with Gasteiger partial charge in [0.1, 0.15) is 0 Å². The van der Waals surface area contributed by atoms with Crippen molar-refractivity contribution in [1.82, 2.24) is 15.1 Å². The highest BCUT2D eigenvalue weighted by Crippen LogP contribution is 2.54. The maximum absolute atomic E-state index is 6.08. The van der Waals surface area contributed by atoms with Crippen molar-refractivity contribution in [3.05, 3.63) is 52.3 Å². The number of anilines is 2. The van der Waals surface area contributed by atoms with Crippen LogP contribution in [0.1, 0.15) is 18.5 Å². The minimum absolute atomic E-state index is 0.269. The molecule has 0 radical (unpaired) electrons. The van der Waals surface area contributed by atoms with Crippen molar-refractivity contribution >= 4 is 34.9 Å². The monoisotopic (exact) mass is 415 g/mol. The molecule has 1 saturated carbocycles. The summed E-state index contributed by atoms with van der Waals surface area (Å²) in [4.78, 5) is 11.0. The second-order valence-electron chi connectivity index (χ2n) is 7.68. The van der Waals surface area contributed by atoms with Crippen LogP contribution in [0.3, 0.4) is 0 Å². The van der Waals surface area contributed by atoms with Crippen LogP contribution in [0.2, 0.25) is 10.0 Å². The summed E-state index contributed by atoms with van der Waals surface area (Å²) >= 11 is 12.2. The highest BCUT2D eigenvalue weighted by Gasteiger charge is 2.58. The summed E-state index contributed by atoms with van der Waals surface area (Å²) in [5, 5.41) is 8.85. The molecule has 1 saturated heterocycles. The Morgan fingerprint density at radius 1 is 1.21 bits per heavy atom. The van der Waals surface area contributed by atoms with Crippen LogP contribution in [0.4, 0.5) is 11.7 Å². The Morgan fingerprint density at radius 2 is 2.04 bits per heavy atom. The van der Waals surface area contributed by atoms with Gasteiger partial charge in [0.2, 0.25) is 5.82 Å². The highest BCUT2D eigenvalue weighted by molar-refractivity contribution is 6.35. The zero-order valence-corrected chi connectivity index (χ0v) is 16.8. The number of benzene rings is 1. The van der Waals surface area contributed by atoms with Gasteiger partial charge in [0.25, 0.3) is 0 Å². The van der Waals surface area contributed by atoms with Crippen LogP contribution < -0.4 is 10.2 Å². The molecule has 28 heavy (non-hydrogen) atoms. The van der Waals surface area contributed by atoms with Gasteiger partial charge >= 0.3 is 6.01 Å². The van der Waals surface area contributed by atoms with E-state index in [4.69, 9.17) is 27.7 Å². The van der Waals surface area contributed by atoms with Crippen LogP contribution in [0, 0.1) is 12.3 Å². The van der Waals surface area contributed by atoms with Crippen molar-refractivity contribution in [3.63, 3.8) is 0 Å². The predicted molar refractivity (Wildman–Crippen MR) is 110 cm³/mol. The predicted octanol–water partition coefficient (Wildman–Crippen LogP) is 4.83. The van der Waals surface area contributed by atoms with Crippen LogP contribution in [-0.2, 0) is 0 Å². The number of hydrogen-bond donors (Lipinski definition) is 1. The molecule has 1 aromatic carbocycles. The molecule has 1 aliphatic heterocycles. The third kappa shape index (κ3) is 3.31. The fraction of sp³-hybridized carbons (Fsp3) is 0.350. The van der Waals surface area contributed by atoms with Crippen molar-refractivity contribution in [1.29, 1.82) is 0 Å². The zero-order valence-electron chi connectivity index (χ0n) is 15.3. The summed E-state index contributed by atoms with van der Waals surface area (Å²) in [7, 11) is 0. The molecule has 6 nitrogen and oxygen atoms in total. The van der Waals surface area contributed by atoms with E-state index in [2.05, 4.69) is 31.4 Å². The number of halogens is 2. The second kappa shape index (κ2) is 6.64. The van der Waals surface area contributed by atoms with Gasteiger partial charge in [-0.2, -0.15) is 4.98 Å². The van der Waals surface area contributed by atoms with E-state index in [1.54, 1.807) is 18.2 Å². The first kappa shape index (κ1) is 17.8. The number of nitrogens with one attached hydrogen (secondary N) is 1. The van der Waals surface area contributed by atoms with E-state index in [1.165, 1.54) is 0 Å². The van der Waals surface area contributed by atoms with Gasteiger partial charge < -0.3 is 14.7 Å². The van der Waals surface area contributed by atoms with Crippen LogP contribution in [0.15, 0.2) is 41.1 Å². The normalized spacial score (nSPS) is 23.4. The Balaban J connectivity index is 1.28. The van der Waals surface area contributed by atoms with Crippen molar-refractivity contribution in [3.8, 4) is 11.4 Å². The third-order valence-corrected chi connectivity index (χ3v) is 6.06. The number of aryl methyl sites for hydroxylation is 1. The van der Waals surface area contributed by atoms with Gasteiger partial charge in [0.05, 0.1) is 0 Å². The molecule has 2 aliphatic rings. The van der Waals surface area contributed by atoms with Crippen LogP contribution >= 0.6 is 23.2 Å². The van der Waals surface area contributed by atoms with Crippen LogP contribution in [0.5, 0.6) is 0 Å². The summed E-state index contributed by atoms with van der Waals surface area (Å²) in [6.45, 7) is 3.82. The Bertz CT molecular complexity index is 1020. The molecular weight excluding hydrogens is 397 g/mol. The first-order valence-corrected chi connectivity index (χ1v) is 10.0. The average Bonchev–Trinajstić information content (AvgIpc) is 3.01. The average molecular weight is 416 g/mol. The Kier molecular flexibility index (Phi) is 4.21. The topological polar surface area (TPSA) is 67.1 Å². The minimum atomic E-state index is 0.269. The summed E-state index contributed by atoms with van der Waals surface area (Å²) in [5.41, 5.74) is 3.17. The fourth-order valence-corrected chi connectivity index (χ4v) is 4.57. The zero-order chi connectivity index (χ0) is 19.3. The molecule has 2 atom stereocenters. The SMILES string of the molecule is Cc1cc(NC2CC23CCN(c2nc(-c4cc(Cl)cc(Cl)c4)no2)C3)ccn1. The van der Waals surface area contributed by atoms with Gasteiger partial charge in [-0.3, -0.25) is 4.98 Å². The molecular formula is C20H19Cl2N5O. The standard InChI is InChI=1S/C20H19Cl2N5O/c1-12-6-16(2-4-23-12)24-17-10-20(17)3-5-27(11-20)19-25-18(26-28-19)13-7-14(21)9-15(22)8-13/h2,4,6-9,17H,3,5,10-11H2,1H3,(H,23,24). The van der Waals surface area contributed by atoms with Gasteiger partial charge in [0.15, 0.2) is 0 Å². The Morgan fingerprint density at radius 3 is 2.82 bits per heavy atom. The number of aromatic nitrogens is 3. The molecule has 1 spiro atoms. The lowest BCUT2D eigenvalue weighted by molar-refractivity contribution is 0.417. The Hall–Kier alpha value is -2.31. The number of rotatable bonds is 4. The molecule has 144 valence electrons. The molecule has 1 N–H and O–H groups in total. The van der Waals surface area contributed by atoms with E-state index in [-0.39, 0.29) is 5.41 Å². The maximum atomic E-state index is 6.08. The fourth-order valence-electron chi connectivity index (χ4n) is 4.04. The largest absolute Gasteiger partial charge is 0.382 e. The van der Waals surface area contributed by atoms with E-state index in [1.807, 2.05) is 19.2 Å². The van der Waals surface area contributed by atoms with Crippen molar-refractivity contribution in [2.75, 3.05) is 23.3 Å². The van der Waals surface area contributed by atoms with Crippen molar-refractivity contribution in [2.24, 2.45) is 5.41 Å². The molecule has 2 unspecified atom stereocenters. The van der Waals surface area contributed by atoms with E-state index >= 15 is 0 Å². The molecule has 8 heteroatoms. The quantitative estimate of drug-likeness (QED) is 0.657. The van der Waals surface area contributed by atoms with Crippen LogP contribution in [0.25, 0.3) is 11.4 Å². The summed E-state index contributed by atoms with van der Waals surface area (Å²) in [5.74, 6) is 0.498.